The zero-order chi connectivity index (χ0) is 17.4. The van der Waals surface area contributed by atoms with Crippen molar-refractivity contribution >= 4 is 35.2 Å². The van der Waals surface area contributed by atoms with Gasteiger partial charge in [-0.3, -0.25) is 9.89 Å². The van der Waals surface area contributed by atoms with Crippen molar-refractivity contribution in [2.24, 2.45) is 5.10 Å². The third-order valence-corrected chi connectivity index (χ3v) is 3.85. The Morgan fingerprint density at radius 1 is 1.20 bits per heavy atom. The van der Waals surface area contributed by atoms with Crippen LogP contribution >= 0.6 is 11.6 Å². The summed E-state index contributed by atoms with van der Waals surface area (Å²) >= 11 is 5.89. The minimum Gasteiger partial charge on any atom is -0.457 e. The van der Waals surface area contributed by atoms with Gasteiger partial charge in [0.2, 0.25) is 5.91 Å². The maximum absolute atomic E-state index is 12.5. The van der Waals surface area contributed by atoms with E-state index in [4.69, 9.17) is 16.0 Å². The fourth-order valence-electron chi connectivity index (χ4n) is 2.39. The number of carbonyl (C=O) groups excluding carboxylic acids is 1. The summed E-state index contributed by atoms with van der Waals surface area (Å²) in [6.45, 7) is 1.72. The van der Waals surface area contributed by atoms with Crippen molar-refractivity contribution in [2.45, 2.75) is 6.92 Å². The maximum Gasteiger partial charge on any atom is 0.239 e. The first-order valence-electron chi connectivity index (χ1n) is 7.28. The number of amides is 1. The molecule has 3 heterocycles. The van der Waals surface area contributed by atoms with Crippen LogP contribution in [0, 0.1) is 0 Å². The number of benzene rings is 1. The van der Waals surface area contributed by atoms with Gasteiger partial charge < -0.3 is 4.42 Å². The zero-order valence-electron chi connectivity index (χ0n) is 12.9. The van der Waals surface area contributed by atoms with Gasteiger partial charge in [-0.1, -0.05) is 11.6 Å². The molecule has 0 N–H and O–H groups in total. The summed E-state index contributed by atoms with van der Waals surface area (Å²) < 4.78 is 5.79. The summed E-state index contributed by atoms with van der Waals surface area (Å²) in [6.07, 6.45) is 1.63. The lowest BCUT2D eigenvalue weighted by molar-refractivity contribution is -0.114. The summed E-state index contributed by atoms with van der Waals surface area (Å²) in [5, 5.41) is 19.8. The van der Waals surface area contributed by atoms with E-state index < -0.39 is 0 Å². The molecule has 9 heteroatoms. The molecule has 0 saturated carbocycles. The quantitative estimate of drug-likeness (QED) is 0.671. The molecular weight excluding hydrogens is 344 g/mol. The fraction of sp³-hybridized carbons (Fsp3) is 0.0625. The van der Waals surface area contributed by atoms with Crippen LogP contribution in [0.15, 0.2) is 51.5 Å². The number of tetrazole rings is 1. The van der Waals surface area contributed by atoms with Crippen LogP contribution in [0.2, 0.25) is 5.02 Å². The molecule has 4 rings (SSSR count). The summed E-state index contributed by atoms with van der Waals surface area (Å²) in [4.78, 5) is 12.5. The Morgan fingerprint density at radius 2 is 2.00 bits per heavy atom. The van der Waals surface area contributed by atoms with Crippen LogP contribution in [0.4, 0.5) is 5.95 Å². The Balaban J connectivity index is 1.62. The van der Waals surface area contributed by atoms with Crippen LogP contribution in [-0.4, -0.2) is 27.1 Å². The summed E-state index contributed by atoms with van der Waals surface area (Å²) in [5.74, 6) is 0.878. The van der Waals surface area contributed by atoms with Crippen LogP contribution in [0.1, 0.15) is 12.7 Å². The predicted molar refractivity (Wildman–Crippen MR) is 90.9 cm³/mol. The Hall–Kier alpha value is -3.26. The lowest BCUT2D eigenvalue weighted by Gasteiger charge is -2.11. The monoisotopic (exact) mass is 353 g/mol. The lowest BCUT2D eigenvalue weighted by Crippen LogP contribution is -2.22. The molecule has 2 aromatic heterocycles. The van der Waals surface area contributed by atoms with E-state index >= 15 is 0 Å². The second kappa shape index (κ2) is 5.99. The number of hydrazone groups is 1. The number of aromatic nitrogens is 4. The molecule has 124 valence electrons. The van der Waals surface area contributed by atoms with Crippen LogP contribution in [0.5, 0.6) is 0 Å². The van der Waals surface area contributed by atoms with Crippen molar-refractivity contribution in [3.05, 3.63) is 52.8 Å². The van der Waals surface area contributed by atoms with E-state index in [9.17, 15) is 4.79 Å². The Morgan fingerprint density at radius 3 is 2.72 bits per heavy atom. The maximum atomic E-state index is 12.5. The normalized spacial score (nSPS) is 15.9. The number of anilines is 1. The molecule has 0 saturated heterocycles. The molecule has 1 aromatic carbocycles. The first-order chi connectivity index (χ1) is 12.1. The van der Waals surface area contributed by atoms with Crippen molar-refractivity contribution in [1.29, 1.82) is 0 Å². The number of halogens is 1. The lowest BCUT2D eigenvalue weighted by atomic mass is 10.1. The summed E-state index contributed by atoms with van der Waals surface area (Å²) in [6, 6.07) is 10.9. The fourth-order valence-corrected chi connectivity index (χ4v) is 2.51. The largest absolute Gasteiger partial charge is 0.457 e. The number of carbonyl (C=O) groups is 1. The van der Waals surface area contributed by atoms with E-state index in [1.54, 1.807) is 31.2 Å². The molecule has 0 spiro atoms. The van der Waals surface area contributed by atoms with Crippen molar-refractivity contribution in [3.63, 3.8) is 0 Å². The van der Waals surface area contributed by atoms with Crippen LogP contribution in [-0.2, 0) is 4.79 Å². The van der Waals surface area contributed by atoms with E-state index in [1.165, 1.54) is 0 Å². The molecule has 25 heavy (non-hydrogen) atoms. The van der Waals surface area contributed by atoms with E-state index in [0.717, 1.165) is 10.6 Å². The molecule has 0 bridgehead atoms. The second-order valence-corrected chi connectivity index (χ2v) is 5.68. The molecule has 8 nitrogen and oxygen atoms in total. The summed E-state index contributed by atoms with van der Waals surface area (Å²) in [7, 11) is 0. The van der Waals surface area contributed by atoms with Gasteiger partial charge >= 0.3 is 0 Å². The standard InChI is InChI=1S/C16H10ClN6O2/c1-9-13(15(24)23(20-9)16-18-21-22-19-16)8-12-6-7-14(25-12)10-2-4-11(17)5-3-10/h2-8H,1H3/q-1/b13-8-. The Bertz CT molecular complexity index is 988. The topological polar surface area (TPSA) is 98.6 Å². The number of hydrogen-bond acceptors (Lipinski definition) is 6. The van der Waals surface area contributed by atoms with E-state index in [-0.39, 0.29) is 11.9 Å². The van der Waals surface area contributed by atoms with Gasteiger partial charge in [0.15, 0.2) is 0 Å². The molecule has 1 amide bonds. The van der Waals surface area contributed by atoms with Gasteiger partial charge in [-0.2, -0.15) is 5.21 Å². The third kappa shape index (κ3) is 2.83. The highest BCUT2D eigenvalue weighted by molar-refractivity contribution is 6.31. The second-order valence-electron chi connectivity index (χ2n) is 5.25. The molecular formula is C16H10ClN6O2-. The van der Waals surface area contributed by atoms with Crippen LogP contribution < -0.4 is 10.1 Å². The van der Waals surface area contributed by atoms with E-state index in [2.05, 4.69) is 25.7 Å². The van der Waals surface area contributed by atoms with Crippen LogP contribution in [0.3, 0.4) is 0 Å². The van der Waals surface area contributed by atoms with Gasteiger partial charge in [-0.05, 0) is 49.4 Å². The van der Waals surface area contributed by atoms with Crippen molar-refractivity contribution in [2.75, 3.05) is 5.01 Å². The molecule has 0 atom stereocenters. The van der Waals surface area contributed by atoms with Gasteiger partial charge in [0.05, 0.1) is 11.3 Å². The van der Waals surface area contributed by atoms with Gasteiger partial charge in [-0.15, -0.1) is 5.21 Å². The SMILES string of the molecule is CC1=NN(c2nnn[n-]2)C(=O)/C1=C\c1ccc(-c2ccc(Cl)cc2)o1. The minimum absolute atomic E-state index is 0.0362. The molecule has 0 fully saturated rings. The Labute approximate surface area is 146 Å². The molecule has 3 aromatic rings. The van der Waals surface area contributed by atoms with Gasteiger partial charge in [0.1, 0.15) is 17.5 Å². The van der Waals surface area contributed by atoms with E-state index in [1.807, 2.05) is 18.2 Å². The highest BCUT2D eigenvalue weighted by atomic mass is 35.5. The molecule has 1 aliphatic heterocycles. The molecule has 0 unspecified atom stereocenters. The van der Waals surface area contributed by atoms with E-state index in [0.29, 0.717) is 27.8 Å². The van der Waals surface area contributed by atoms with Crippen molar-refractivity contribution in [1.82, 2.24) is 20.6 Å². The average Bonchev–Trinajstić information content (AvgIpc) is 3.33. The number of rotatable bonds is 3. The number of furan rings is 1. The van der Waals surface area contributed by atoms with Gasteiger partial charge in [0, 0.05) is 10.6 Å². The first-order valence-corrected chi connectivity index (χ1v) is 7.66. The molecule has 0 aliphatic carbocycles. The number of hydrogen-bond donors (Lipinski definition) is 0. The van der Waals surface area contributed by atoms with Crippen LogP contribution in [0.25, 0.3) is 17.4 Å². The van der Waals surface area contributed by atoms with Gasteiger partial charge in [-0.25, -0.2) is 15.2 Å². The average molecular weight is 354 g/mol. The number of nitrogens with zero attached hydrogens (tertiary/aromatic N) is 6. The highest BCUT2D eigenvalue weighted by Crippen LogP contribution is 2.26. The first kappa shape index (κ1) is 15.3. The van der Waals surface area contributed by atoms with Gasteiger partial charge in [0.25, 0.3) is 0 Å². The minimum atomic E-state index is -0.364. The van der Waals surface area contributed by atoms with Crippen molar-refractivity contribution < 1.29 is 9.21 Å². The van der Waals surface area contributed by atoms with Crippen molar-refractivity contribution in [3.8, 4) is 11.3 Å². The Kier molecular flexibility index (Phi) is 3.66. The zero-order valence-corrected chi connectivity index (χ0v) is 13.7. The molecule has 0 radical (unpaired) electrons. The molecule has 1 aliphatic rings. The summed E-state index contributed by atoms with van der Waals surface area (Å²) in [5.41, 5.74) is 1.81. The predicted octanol–water partition coefficient (Wildman–Crippen LogP) is 2.55. The highest BCUT2D eigenvalue weighted by Gasteiger charge is 2.26. The smallest absolute Gasteiger partial charge is 0.239 e. The third-order valence-electron chi connectivity index (χ3n) is 3.60.